The third-order valence-electron chi connectivity index (χ3n) is 3.71. The summed E-state index contributed by atoms with van der Waals surface area (Å²) in [4.78, 5) is 14.1. The topological polar surface area (TPSA) is 20.3 Å². The first kappa shape index (κ1) is 12.2. The molecule has 0 aliphatic heterocycles. The minimum atomic E-state index is 0.253. The van der Waals surface area contributed by atoms with Crippen molar-refractivity contribution < 1.29 is 4.79 Å². The van der Waals surface area contributed by atoms with Gasteiger partial charge in [0.05, 0.1) is 6.42 Å². The van der Waals surface area contributed by atoms with E-state index in [4.69, 9.17) is 0 Å². The highest BCUT2D eigenvalue weighted by Gasteiger charge is 2.21. The smallest absolute Gasteiger partial charge is 0.226 e. The molecule has 1 fully saturated rings. The van der Waals surface area contributed by atoms with Crippen LogP contribution in [0.15, 0.2) is 30.3 Å². The van der Waals surface area contributed by atoms with Gasteiger partial charge in [-0.2, -0.15) is 0 Å². The third kappa shape index (κ3) is 3.32. The first-order valence-corrected chi connectivity index (χ1v) is 6.57. The molecular formula is C15H21NO. The predicted molar refractivity (Wildman–Crippen MR) is 69.8 cm³/mol. The van der Waals surface area contributed by atoms with E-state index in [9.17, 15) is 4.79 Å². The molecule has 0 bridgehead atoms. The van der Waals surface area contributed by atoms with Gasteiger partial charge in [0.2, 0.25) is 5.91 Å². The maximum Gasteiger partial charge on any atom is 0.226 e. The number of hydrogen-bond acceptors (Lipinski definition) is 1. The van der Waals surface area contributed by atoms with Gasteiger partial charge in [0, 0.05) is 13.1 Å². The summed E-state index contributed by atoms with van der Waals surface area (Å²) < 4.78 is 0. The van der Waals surface area contributed by atoms with Crippen molar-refractivity contribution in [3.05, 3.63) is 35.9 Å². The van der Waals surface area contributed by atoms with E-state index in [1.54, 1.807) is 0 Å². The van der Waals surface area contributed by atoms with Crippen LogP contribution in [0, 0.1) is 0 Å². The molecule has 1 amide bonds. The quantitative estimate of drug-likeness (QED) is 0.783. The van der Waals surface area contributed by atoms with Crippen LogP contribution in [-0.4, -0.2) is 23.9 Å². The van der Waals surface area contributed by atoms with Crippen LogP contribution in [-0.2, 0) is 11.2 Å². The fourth-order valence-corrected chi connectivity index (χ4v) is 2.57. The number of nitrogens with zero attached hydrogens (tertiary/aromatic N) is 1. The monoisotopic (exact) mass is 231 g/mol. The van der Waals surface area contributed by atoms with E-state index in [0.717, 1.165) is 5.56 Å². The number of likely N-dealkylation sites (N-methyl/N-ethyl adjacent to an activating group) is 1. The lowest BCUT2D eigenvalue weighted by atomic mass is 9.94. The van der Waals surface area contributed by atoms with Crippen molar-refractivity contribution in [3.63, 3.8) is 0 Å². The first-order chi connectivity index (χ1) is 8.27. The molecule has 0 atom stereocenters. The second-order valence-electron chi connectivity index (χ2n) is 4.96. The average molecular weight is 231 g/mol. The summed E-state index contributed by atoms with van der Waals surface area (Å²) in [5, 5.41) is 0. The van der Waals surface area contributed by atoms with Crippen LogP contribution in [0.4, 0.5) is 0 Å². The van der Waals surface area contributed by atoms with Gasteiger partial charge < -0.3 is 4.90 Å². The zero-order chi connectivity index (χ0) is 12.1. The average Bonchev–Trinajstić information content (AvgIpc) is 2.40. The van der Waals surface area contributed by atoms with Crippen LogP contribution >= 0.6 is 0 Å². The fourth-order valence-electron chi connectivity index (χ4n) is 2.57. The molecule has 2 heteroatoms. The minimum absolute atomic E-state index is 0.253. The lowest BCUT2D eigenvalue weighted by Gasteiger charge is -2.31. The van der Waals surface area contributed by atoms with E-state index >= 15 is 0 Å². The molecule has 17 heavy (non-hydrogen) atoms. The van der Waals surface area contributed by atoms with Crippen LogP contribution in [0.25, 0.3) is 0 Å². The molecule has 0 unspecified atom stereocenters. The van der Waals surface area contributed by atoms with Crippen molar-refractivity contribution >= 4 is 5.91 Å². The summed E-state index contributed by atoms with van der Waals surface area (Å²) in [7, 11) is 1.96. The molecule has 2 rings (SSSR count). The van der Waals surface area contributed by atoms with Gasteiger partial charge in [0.1, 0.15) is 0 Å². The van der Waals surface area contributed by atoms with Gasteiger partial charge in [-0.15, -0.1) is 0 Å². The van der Waals surface area contributed by atoms with Crippen molar-refractivity contribution in [2.75, 3.05) is 7.05 Å². The van der Waals surface area contributed by atoms with Crippen LogP contribution in [0.2, 0.25) is 0 Å². The molecule has 1 aromatic rings. The Labute approximate surface area is 104 Å². The molecule has 1 saturated carbocycles. The molecule has 1 aliphatic carbocycles. The third-order valence-corrected chi connectivity index (χ3v) is 3.71. The van der Waals surface area contributed by atoms with E-state index < -0.39 is 0 Å². The summed E-state index contributed by atoms with van der Waals surface area (Å²) in [6.45, 7) is 0. The molecule has 0 aromatic heterocycles. The molecule has 0 spiro atoms. The maximum absolute atomic E-state index is 12.1. The van der Waals surface area contributed by atoms with Crippen molar-refractivity contribution in [3.8, 4) is 0 Å². The Morgan fingerprint density at radius 2 is 1.82 bits per heavy atom. The molecular weight excluding hydrogens is 210 g/mol. The lowest BCUT2D eigenvalue weighted by molar-refractivity contribution is -0.131. The number of amides is 1. The highest BCUT2D eigenvalue weighted by molar-refractivity contribution is 5.78. The van der Waals surface area contributed by atoms with E-state index in [1.807, 2.05) is 42.3 Å². The molecule has 92 valence electrons. The number of rotatable bonds is 3. The summed E-state index contributed by atoms with van der Waals surface area (Å²) in [5.74, 6) is 0.253. The van der Waals surface area contributed by atoms with E-state index in [1.165, 1.54) is 32.1 Å². The SMILES string of the molecule is CN(C(=O)Cc1ccccc1)C1CCCCC1. The predicted octanol–water partition coefficient (Wildman–Crippen LogP) is 3.02. The molecule has 0 N–H and O–H groups in total. The molecule has 1 aromatic carbocycles. The van der Waals surface area contributed by atoms with E-state index in [2.05, 4.69) is 0 Å². The van der Waals surface area contributed by atoms with Gasteiger partial charge in [-0.25, -0.2) is 0 Å². The molecule has 0 saturated heterocycles. The Kier molecular flexibility index (Phi) is 4.18. The Hall–Kier alpha value is -1.31. The Morgan fingerprint density at radius 1 is 1.18 bits per heavy atom. The number of carbonyl (C=O) groups is 1. The van der Waals surface area contributed by atoms with Crippen molar-refractivity contribution in [1.29, 1.82) is 0 Å². The van der Waals surface area contributed by atoms with Crippen molar-refractivity contribution in [2.45, 2.75) is 44.6 Å². The van der Waals surface area contributed by atoms with Gasteiger partial charge in [-0.3, -0.25) is 4.79 Å². The van der Waals surface area contributed by atoms with E-state index in [-0.39, 0.29) is 5.91 Å². The second kappa shape index (κ2) is 5.85. The summed E-state index contributed by atoms with van der Waals surface area (Å²) in [6.07, 6.45) is 6.76. The standard InChI is InChI=1S/C15H21NO/c1-16(14-10-6-3-7-11-14)15(17)12-13-8-4-2-5-9-13/h2,4-5,8-9,14H,3,6-7,10-12H2,1H3. The first-order valence-electron chi connectivity index (χ1n) is 6.57. The zero-order valence-corrected chi connectivity index (χ0v) is 10.6. The van der Waals surface area contributed by atoms with Gasteiger partial charge >= 0.3 is 0 Å². The van der Waals surface area contributed by atoms with Crippen molar-refractivity contribution in [1.82, 2.24) is 4.90 Å². The molecule has 1 aliphatic rings. The lowest BCUT2D eigenvalue weighted by Crippen LogP contribution is -2.39. The van der Waals surface area contributed by atoms with Crippen LogP contribution in [0.1, 0.15) is 37.7 Å². The Balaban J connectivity index is 1.90. The van der Waals surface area contributed by atoms with Gasteiger partial charge in [-0.1, -0.05) is 49.6 Å². The van der Waals surface area contributed by atoms with Gasteiger partial charge in [0.15, 0.2) is 0 Å². The normalized spacial score (nSPS) is 16.8. The number of carbonyl (C=O) groups excluding carboxylic acids is 1. The van der Waals surface area contributed by atoms with Crippen LogP contribution in [0.5, 0.6) is 0 Å². The van der Waals surface area contributed by atoms with Crippen LogP contribution < -0.4 is 0 Å². The minimum Gasteiger partial charge on any atom is -0.342 e. The van der Waals surface area contributed by atoms with E-state index in [0.29, 0.717) is 12.5 Å². The highest BCUT2D eigenvalue weighted by Crippen LogP contribution is 2.22. The van der Waals surface area contributed by atoms with Gasteiger partial charge in [-0.05, 0) is 18.4 Å². The molecule has 2 nitrogen and oxygen atoms in total. The highest BCUT2D eigenvalue weighted by atomic mass is 16.2. The molecule has 0 radical (unpaired) electrons. The fraction of sp³-hybridized carbons (Fsp3) is 0.533. The summed E-state index contributed by atoms with van der Waals surface area (Å²) >= 11 is 0. The number of benzene rings is 1. The van der Waals surface area contributed by atoms with Crippen LogP contribution in [0.3, 0.4) is 0 Å². The second-order valence-corrected chi connectivity index (χ2v) is 4.96. The number of hydrogen-bond donors (Lipinski definition) is 0. The maximum atomic E-state index is 12.1. The Bertz CT molecular complexity index is 354. The largest absolute Gasteiger partial charge is 0.342 e. The molecule has 0 heterocycles. The summed E-state index contributed by atoms with van der Waals surface area (Å²) in [6, 6.07) is 10.5. The van der Waals surface area contributed by atoms with Gasteiger partial charge in [0.25, 0.3) is 0 Å². The Morgan fingerprint density at radius 3 is 2.47 bits per heavy atom. The van der Waals surface area contributed by atoms with Crippen molar-refractivity contribution in [2.24, 2.45) is 0 Å². The zero-order valence-electron chi connectivity index (χ0n) is 10.6. The summed E-state index contributed by atoms with van der Waals surface area (Å²) in [5.41, 5.74) is 1.11.